The van der Waals surface area contributed by atoms with Crippen LogP contribution in [0.4, 0.5) is 0 Å². The molecule has 1 aliphatic carbocycles. The van der Waals surface area contributed by atoms with Gasteiger partial charge in [0.2, 0.25) is 0 Å². The summed E-state index contributed by atoms with van der Waals surface area (Å²) >= 11 is 0. The van der Waals surface area contributed by atoms with E-state index in [1.165, 1.54) is 68.8 Å². The van der Waals surface area contributed by atoms with Crippen molar-refractivity contribution in [1.82, 2.24) is 20.6 Å². The fourth-order valence-corrected chi connectivity index (χ4v) is 10.8. The number of nitrogens with one attached hydrogen (secondary N) is 4. The van der Waals surface area contributed by atoms with E-state index in [1.54, 1.807) is 0 Å². The van der Waals surface area contributed by atoms with E-state index < -0.39 is 17.9 Å². The van der Waals surface area contributed by atoms with Gasteiger partial charge in [0.05, 0.1) is 18.5 Å². The summed E-state index contributed by atoms with van der Waals surface area (Å²) in [6.45, 7) is 26.6. The van der Waals surface area contributed by atoms with Crippen LogP contribution in [-0.4, -0.2) is 47.4 Å². The molecule has 0 amide bonds. The summed E-state index contributed by atoms with van der Waals surface area (Å²) in [6, 6.07) is -0.428. The molecule has 4 N–H and O–H groups in total. The molecular formula is C55H78N4O5. The van der Waals surface area contributed by atoms with Gasteiger partial charge in [0, 0.05) is 57.6 Å². The van der Waals surface area contributed by atoms with E-state index in [-0.39, 0.29) is 42.5 Å². The monoisotopic (exact) mass is 875 g/mol. The summed E-state index contributed by atoms with van der Waals surface area (Å²) in [5.74, 6) is -0.0299. The number of aromatic nitrogens is 2. The molecule has 3 aliphatic heterocycles. The van der Waals surface area contributed by atoms with Crippen molar-refractivity contribution in [2.24, 2.45) is 41.4 Å². The number of hydrogen-bond donors (Lipinski definition) is 4. The lowest BCUT2D eigenvalue weighted by atomic mass is 9.80. The number of methoxy groups -OCH3 is 1. The van der Waals surface area contributed by atoms with Crippen LogP contribution >= 0.6 is 0 Å². The molecule has 1 fully saturated rings. The van der Waals surface area contributed by atoms with Gasteiger partial charge in [-0.1, -0.05) is 98.1 Å². The first-order chi connectivity index (χ1) is 30.6. The first-order valence-electron chi connectivity index (χ1n) is 24.5. The van der Waals surface area contributed by atoms with Crippen LogP contribution in [0.15, 0.2) is 53.0 Å². The molecule has 64 heavy (non-hydrogen) atoms. The quantitative estimate of drug-likeness (QED) is 0.0593. The Morgan fingerprint density at radius 2 is 1.56 bits per heavy atom. The highest BCUT2D eigenvalue weighted by Gasteiger charge is 2.49. The molecule has 2 aromatic rings. The van der Waals surface area contributed by atoms with E-state index in [4.69, 9.17) is 9.47 Å². The molecule has 0 saturated carbocycles. The molecule has 7 atom stereocenters. The van der Waals surface area contributed by atoms with Gasteiger partial charge >= 0.3 is 11.9 Å². The highest BCUT2D eigenvalue weighted by Crippen LogP contribution is 2.43. The predicted octanol–water partition coefficient (Wildman–Crippen LogP) is 10.3. The summed E-state index contributed by atoms with van der Waals surface area (Å²) in [7, 11) is 1.34. The zero-order valence-corrected chi connectivity index (χ0v) is 40.9. The fraction of sp³-hybridized carbons (Fsp3) is 0.582. The molecule has 348 valence electrons. The highest BCUT2D eigenvalue weighted by atomic mass is 16.5. The number of esters is 2. The number of hydrogen-bond acceptors (Lipinski definition) is 7. The first kappa shape index (κ1) is 48.7. The van der Waals surface area contributed by atoms with Crippen LogP contribution in [0.25, 0.3) is 17.7 Å². The van der Waals surface area contributed by atoms with Crippen molar-refractivity contribution in [3.8, 4) is 0 Å². The molecule has 4 aliphatic rings. The SMILES string of the molecule is C=CC1C(C)=C2/C=C3\NC(C4=c5[nH]/c(c(C)c5C(=O)[C@@H]4C(=O)OC)=C\c4[nH]c(c(C)c4CC)/C=C/1N2)[C@@H](CCC(=O)OC/C=C(\C)CCC[C@H](C)CCC[C@H](C)CCCC(C)C)[C@@H]3C. The molecule has 8 bridgehead atoms. The summed E-state index contributed by atoms with van der Waals surface area (Å²) in [4.78, 5) is 48.8. The minimum Gasteiger partial charge on any atom is -0.468 e. The number of allylic oxidation sites excluding steroid dienone is 4. The Hall–Kier alpha value is -4.79. The third-order valence-corrected chi connectivity index (χ3v) is 15.0. The number of aromatic amines is 2. The van der Waals surface area contributed by atoms with Gasteiger partial charge in [-0.3, -0.25) is 14.4 Å². The average Bonchev–Trinajstić information content (AvgIpc) is 3.99. The zero-order valence-electron chi connectivity index (χ0n) is 40.9. The number of H-pyrrole nitrogens is 2. The molecule has 5 heterocycles. The normalized spacial score (nSPS) is 24.7. The van der Waals surface area contributed by atoms with Crippen molar-refractivity contribution in [2.45, 2.75) is 152 Å². The number of carbonyl (C=O) groups excluding carboxylic acids is 3. The van der Waals surface area contributed by atoms with Gasteiger partial charge in [0.15, 0.2) is 5.78 Å². The van der Waals surface area contributed by atoms with Gasteiger partial charge in [-0.05, 0) is 129 Å². The molecule has 2 unspecified atom stereocenters. The second kappa shape index (κ2) is 21.5. The van der Waals surface area contributed by atoms with Crippen LogP contribution in [0, 0.1) is 55.3 Å². The summed E-state index contributed by atoms with van der Waals surface area (Å²) in [5, 5.41) is 9.00. The van der Waals surface area contributed by atoms with Gasteiger partial charge in [-0.2, -0.15) is 0 Å². The second-order valence-corrected chi connectivity index (χ2v) is 20.1. The van der Waals surface area contributed by atoms with Gasteiger partial charge in [0.1, 0.15) is 12.5 Å². The topological polar surface area (TPSA) is 125 Å². The molecule has 9 heteroatoms. The maximum absolute atomic E-state index is 14.4. The average molecular weight is 875 g/mol. The predicted molar refractivity (Wildman–Crippen MR) is 260 cm³/mol. The lowest BCUT2D eigenvalue weighted by Gasteiger charge is -2.25. The Morgan fingerprint density at radius 3 is 2.22 bits per heavy atom. The number of Topliss-reactive ketones (excluding diaryl/α,β-unsaturated/α-hetero) is 1. The minimum absolute atomic E-state index is 0.00375. The van der Waals surface area contributed by atoms with E-state index >= 15 is 0 Å². The van der Waals surface area contributed by atoms with Crippen LogP contribution in [0.3, 0.4) is 0 Å². The van der Waals surface area contributed by atoms with Crippen molar-refractivity contribution < 1.29 is 23.9 Å². The van der Waals surface area contributed by atoms with Gasteiger partial charge < -0.3 is 30.1 Å². The summed E-state index contributed by atoms with van der Waals surface area (Å²) < 4.78 is 11.1. The number of rotatable bonds is 20. The lowest BCUT2D eigenvalue weighted by Crippen LogP contribution is -2.38. The minimum atomic E-state index is -1.10. The van der Waals surface area contributed by atoms with Crippen molar-refractivity contribution in [2.75, 3.05) is 13.7 Å². The zero-order chi connectivity index (χ0) is 46.4. The van der Waals surface area contributed by atoms with E-state index in [9.17, 15) is 14.4 Å². The second-order valence-electron chi connectivity index (χ2n) is 20.1. The van der Waals surface area contributed by atoms with Crippen molar-refractivity contribution in [3.05, 3.63) is 97.4 Å². The Labute approximate surface area is 383 Å². The molecule has 6 rings (SSSR count). The van der Waals surface area contributed by atoms with E-state index in [0.717, 1.165) is 82.0 Å². The molecule has 9 nitrogen and oxygen atoms in total. The van der Waals surface area contributed by atoms with Crippen LogP contribution in [-0.2, 0) is 25.5 Å². The van der Waals surface area contributed by atoms with Gasteiger partial charge in [0.25, 0.3) is 0 Å². The maximum Gasteiger partial charge on any atom is 0.320 e. The third kappa shape index (κ3) is 10.7. The fourth-order valence-electron chi connectivity index (χ4n) is 10.8. The van der Waals surface area contributed by atoms with Crippen LogP contribution in [0.1, 0.15) is 164 Å². The highest BCUT2D eigenvalue weighted by molar-refractivity contribution is 6.19. The maximum atomic E-state index is 14.4. The summed E-state index contributed by atoms with van der Waals surface area (Å²) in [6.07, 6.45) is 23.4. The smallest absolute Gasteiger partial charge is 0.320 e. The number of fused-ring (bicyclic) bond motifs is 8. The van der Waals surface area contributed by atoms with Crippen LogP contribution < -0.4 is 21.3 Å². The third-order valence-electron chi connectivity index (χ3n) is 15.0. The molecule has 0 radical (unpaired) electrons. The van der Waals surface area contributed by atoms with Crippen molar-refractivity contribution in [1.29, 1.82) is 0 Å². The Kier molecular flexibility index (Phi) is 16.3. The Bertz CT molecular complexity index is 2330. The van der Waals surface area contributed by atoms with E-state index in [0.29, 0.717) is 22.9 Å². The lowest BCUT2D eigenvalue weighted by molar-refractivity contribution is -0.143. The number of ether oxygens (including phenoxy) is 2. The molecule has 0 aromatic carbocycles. The molecular weight excluding hydrogens is 797 g/mol. The number of carbonyl (C=O) groups is 3. The molecule has 1 saturated heterocycles. The first-order valence-corrected chi connectivity index (χ1v) is 24.5. The summed E-state index contributed by atoms with van der Waals surface area (Å²) in [5.41, 5.74) is 11.7. The van der Waals surface area contributed by atoms with Crippen LogP contribution in [0.5, 0.6) is 0 Å². The largest absolute Gasteiger partial charge is 0.468 e. The molecule has 0 spiro atoms. The van der Waals surface area contributed by atoms with Gasteiger partial charge in [-0.15, -0.1) is 6.58 Å². The van der Waals surface area contributed by atoms with E-state index in [1.807, 2.05) is 13.0 Å². The van der Waals surface area contributed by atoms with Crippen molar-refractivity contribution >= 4 is 35.4 Å². The number of ketones is 1. The Balaban J connectivity index is 1.20. The molecule has 2 aromatic heterocycles. The van der Waals surface area contributed by atoms with Crippen molar-refractivity contribution in [3.63, 3.8) is 0 Å². The standard InChI is InChI=1S/C55H78N4O5/c1-13-39-35(8)42-28-44-37(10)41(24-25-48(60)64-27-26-34(7)23-17-22-33(6)21-16-20-32(5)19-15-18-31(3)4)52(58-44)50-51(55(62)63-12)54(61)49-38(11)45(59-53(49)50)30-47-40(14-2)36(9)43(57-47)29-46(39)56-42/h13,26,28-33,37,39,41,51-52,56-59H,1,14-25,27H2,2-12H3/b34-26+,44-28-,45-30-,46-29-/t32-,33-,37+,39?,41+,51-,52?/m1/s1. The Morgan fingerprint density at radius 1 is 0.875 bits per heavy atom. The van der Waals surface area contributed by atoms with Gasteiger partial charge in [-0.25, -0.2) is 0 Å². The van der Waals surface area contributed by atoms with Crippen LogP contribution in [0.2, 0.25) is 0 Å². The van der Waals surface area contributed by atoms with E-state index in [2.05, 4.69) is 114 Å².